The van der Waals surface area contributed by atoms with Crippen LogP contribution in [0.5, 0.6) is 5.75 Å². The van der Waals surface area contributed by atoms with E-state index in [0.29, 0.717) is 24.0 Å². The number of hydrogen-bond donors (Lipinski definition) is 1. The number of unbranched alkanes of at least 4 members (excludes halogenated alkanes) is 3. The fraction of sp³-hybridized carbons (Fsp3) is 0.632. The summed E-state index contributed by atoms with van der Waals surface area (Å²) in [4.78, 5) is 2.30. The lowest BCUT2D eigenvalue weighted by Crippen LogP contribution is -2.27. The van der Waals surface area contributed by atoms with Crippen molar-refractivity contribution in [3.05, 3.63) is 23.8 Å². The number of nitrogen functional groups attached to an aromatic ring is 1. The molecule has 0 atom stereocenters. The van der Waals surface area contributed by atoms with Gasteiger partial charge in [-0.05, 0) is 43.9 Å². The third-order valence-electron chi connectivity index (χ3n) is 4.02. The lowest BCUT2D eigenvalue weighted by Gasteiger charge is -2.19. The summed E-state index contributed by atoms with van der Waals surface area (Å²) < 4.78 is 11.7. The molecule has 4 nitrogen and oxygen atoms in total. The number of anilines is 1. The molecule has 24 heavy (non-hydrogen) atoms. The van der Waals surface area contributed by atoms with Crippen LogP contribution < -0.4 is 10.5 Å². The molecule has 5 heteroatoms. The van der Waals surface area contributed by atoms with E-state index in [-0.39, 0.29) is 0 Å². The minimum atomic E-state index is 0.478. The summed E-state index contributed by atoms with van der Waals surface area (Å²) in [5.74, 6) is 0.722. The van der Waals surface area contributed by atoms with E-state index < -0.39 is 0 Å². The Labute approximate surface area is 152 Å². The molecule has 0 amide bonds. The molecule has 0 heterocycles. The van der Waals surface area contributed by atoms with Crippen molar-refractivity contribution < 1.29 is 9.47 Å². The van der Waals surface area contributed by atoms with Gasteiger partial charge in [0.25, 0.3) is 0 Å². The molecular weight excluding hydrogens is 320 g/mol. The van der Waals surface area contributed by atoms with Crippen molar-refractivity contribution in [1.82, 2.24) is 4.90 Å². The number of hydrogen-bond acceptors (Lipinski definition) is 5. The molecule has 0 radical (unpaired) electrons. The summed E-state index contributed by atoms with van der Waals surface area (Å²) >= 11 is 5.43. The average Bonchev–Trinajstić information content (AvgIpc) is 2.58. The van der Waals surface area contributed by atoms with E-state index in [0.717, 1.165) is 37.4 Å². The lowest BCUT2D eigenvalue weighted by molar-refractivity contribution is 0.218. The van der Waals surface area contributed by atoms with Gasteiger partial charge in [-0.25, -0.2) is 0 Å². The van der Waals surface area contributed by atoms with Crippen molar-refractivity contribution in [1.29, 1.82) is 0 Å². The predicted molar refractivity (Wildman–Crippen MR) is 106 cm³/mol. The van der Waals surface area contributed by atoms with Crippen LogP contribution in [0.1, 0.15) is 52.0 Å². The average molecular weight is 353 g/mol. The molecule has 0 fully saturated rings. The van der Waals surface area contributed by atoms with Crippen LogP contribution in [0, 0.1) is 0 Å². The first-order valence-corrected chi connectivity index (χ1v) is 9.44. The number of thiocarbonyl (C=S) groups is 1. The molecule has 0 aliphatic heterocycles. The molecule has 0 saturated heterocycles. The Hall–Kier alpha value is -1.33. The third kappa shape index (κ3) is 7.49. The summed E-state index contributed by atoms with van der Waals surface area (Å²) in [7, 11) is 0. The van der Waals surface area contributed by atoms with Gasteiger partial charge in [-0.15, -0.1) is 0 Å². The molecule has 0 unspecified atom stereocenters. The molecular formula is C19H32N2O2S. The van der Waals surface area contributed by atoms with Gasteiger partial charge in [0.1, 0.15) is 12.4 Å². The van der Waals surface area contributed by atoms with Gasteiger partial charge in [0.05, 0.1) is 12.2 Å². The molecule has 0 spiro atoms. The highest BCUT2D eigenvalue weighted by Gasteiger charge is 2.11. The number of likely N-dealkylation sites (N-methyl/N-ethyl adjacent to an activating group) is 1. The summed E-state index contributed by atoms with van der Waals surface area (Å²) in [6.45, 7) is 10.7. The van der Waals surface area contributed by atoms with Gasteiger partial charge in [0, 0.05) is 18.3 Å². The molecule has 1 rings (SSSR count). The van der Waals surface area contributed by atoms with Crippen molar-refractivity contribution in [2.24, 2.45) is 0 Å². The summed E-state index contributed by atoms with van der Waals surface area (Å²) in [6.07, 6.45) is 4.67. The van der Waals surface area contributed by atoms with Crippen LogP contribution in [-0.4, -0.2) is 42.8 Å². The summed E-state index contributed by atoms with van der Waals surface area (Å²) in [6, 6.07) is 5.55. The Kier molecular flexibility index (Phi) is 10.4. The molecule has 0 aliphatic rings. The minimum absolute atomic E-state index is 0.478. The fourth-order valence-corrected chi connectivity index (χ4v) is 2.67. The Balaban J connectivity index is 2.57. The maximum Gasteiger partial charge on any atom is 0.194 e. The van der Waals surface area contributed by atoms with E-state index in [2.05, 4.69) is 25.7 Å². The van der Waals surface area contributed by atoms with E-state index in [9.17, 15) is 0 Å². The Morgan fingerprint density at radius 3 is 2.50 bits per heavy atom. The van der Waals surface area contributed by atoms with E-state index in [1.807, 2.05) is 18.2 Å². The van der Waals surface area contributed by atoms with Crippen LogP contribution in [0.15, 0.2) is 18.2 Å². The summed E-state index contributed by atoms with van der Waals surface area (Å²) in [5, 5.41) is 0.478. The first-order valence-electron chi connectivity index (χ1n) is 9.04. The lowest BCUT2D eigenvalue weighted by atomic mass is 10.2. The molecule has 0 saturated carbocycles. The minimum Gasteiger partial charge on any atom is -0.493 e. The highest BCUT2D eigenvalue weighted by Crippen LogP contribution is 2.24. The number of benzene rings is 1. The van der Waals surface area contributed by atoms with Gasteiger partial charge >= 0.3 is 0 Å². The standard InChI is InChI=1S/C19H32N2O2S/c1-4-7-8-9-13-22-18-15-16(20)10-11-17(18)19(24)23-14-12-21(5-2)6-3/h10-11,15H,4-9,12-14,20H2,1-3H3. The molecule has 1 aromatic carbocycles. The number of rotatable bonds is 12. The van der Waals surface area contributed by atoms with E-state index in [4.69, 9.17) is 27.4 Å². The highest BCUT2D eigenvalue weighted by atomic mass is 32.1. The number of nitrogens with zero attached hydrogens (tertiary/aromatic N) is 1. The van der Waals surface area contributed by atoms with Crippen molar-refractivity contribution in [2.45, 2.75) is 46.5 Å². The molecule has 0 bridgehead atoms. The second-order valence-electron chi connectivity index (χ2n) is 5.83. The zero-order chi connectivity index (χ0) is 17.8. The normalized spacial score (nSPS) is 10.8. The smallest absolute Gasteiger partial charge is 0.194 e. The van der Waals surface area contributed by atoms with Gasteiger partial charge < -0.3 is 20.1 Å². The Morgan fingerprint density at radius 1 is 1.08 bits per heavy atom. The van der Waals surface area contributed by atoms with Crippen LogP contribution in [0.25, 0.3) is 0 Å². The van der Waals surface area contributed by atoms with Gasteiger partial charge in [0.2, 0.25) is 0 Å². The highest BCUT2D eigenvalue weighted by molar-refractivity contribution is 7.80. The second-order valence-corrected chi connectivity index (χ2v) is 6.20. The second kappa shape index (κ2) is 12.1. The predicted octanol–water partition coefficient (Wildman–Crippen LogP) is 4.26. The first kappa shape index (κ1) is 20.7. The number of nitrogens with two attached hydrogens (primary N) is 1. The van der Waals surface area contributed by atoms with Gasteiger partial charge in [-0.1, -0.05) is 40.0 Å². The van der Waals surface area contributed by atoms with Crippen molar-refractivity contribution in [3.63, 3.8) is 0 Å². The SMILES string of the molecule is CCCCCCOc1cc(N)ccc1C(=S)OCCN(CC)CC. The first-order chi connectivity index (χ1) is 11.6. The van der Waals surface area contributed by atoms with Crippen LogP contribution in [0.3, 0.4) is 0 Å². The van der Waals surface area contributed by atoms with Gasteiger partial charge in [0.15, 0.2) is 5.05 Å². The van der Waals surface area contributed by atoms with Crippen LogP contribution in [-0.2, 0) is 4.74 Å². The zero-order valence-electron chi connectivity index (χ0n) is 15.3. The monoisotopic (exact) mass is 352 g/mol. The molecule has 0 aromatic heterocycles. The third-order valence-corrected chi connectivity index (χ3v) is 4.35. The summed E-state index contributed by atoms with van der Waals surface area (Å²) in [5.41, 5.74) is 7.37. The topological polar surface area (TPSA) is 47.7 Å². The Morgan fingerprint density at radius 2 is 1.83 bits per heavy atom. The molecule has 1 aromatic rings. The van der Waals surface area contributed by atoms with Crippen LogP contribution >= 0.6 is 12.2 Å². The number of ether oxygens (including phenoxy) is 2. The van der Waals surface area contributed by atoms with Gasteiger partial charge in [-0.3, -0.25) is 0 Å². The van der Waals surface area contributed by atoms with E-state index in [1.54, 1.807) is 0 Å². The van der Waals surface area contributed by atoms with Crippen molar-refractivity contribution in [3.8, 4) is 5.75 Å². The molecule has 0 aliphatic carbocycles. The maximum atomic E-state index is 5.90. The fourth-order valence-electron chi connectivity index (χ4n) is 2.42. The van der Waals surface area contributed by atoms with Gasteiger partial charge in [-0.2, -0.15) is 0 Å². The molecule has 136 valence electrons. The van der Waals surface area contributed by atoms with Crippen LogP contribution in [0.4, 0.5) is 5.69 Å². The van der Waals surface area contributed by atoms with Crippen LogP contribution in [0.2, 0.25) is 0 Å². The van der Waals surface area contributed by atoms with E-state index >= 15 is 0 Å². The maximum absolute atomic E-state index is 5.90. The quantitative estimate of drug-likeness (QED) is 0.346. The van der Waals surface area contributed by atoms with Crippen molar-refractivity contribution in [2.75, 3.05) is 38.6 Å². The molecule has 2 N–H and O–H groups in total. The Bertz CT molecular complexity index is 490. The van der Waals surface area contributed by atoms with Crippen molar-refractivity contribution >= 4 is 23.0 Å². The largest absolute Gasteiger partial charge is 0.493 e. The van der Waals surface area contributed by atoms with E-state index in [1.165, 1.54) is 19.3 Å². The zero-order valence-corrected chi connectivity index (χ0v) is 16.2.